The first kappa shape index (κ1) is 17.3. The fourth-order valence-electron chi connectivity index (χ4n) is 2.34. The Labute approximate surface area is 126 Å². The fraction of sp³-hybridized carbons (Fsp3) is 0.800. The number of urea groups is 1. The SMILES string of the molecule is C[C@H](C#N)CNC(=O)CCCNC(=O)NC1CCCCC1. The lowest BCUT2D eigenvalue weighted by Gasteiger charge is -2.22. The summed E-state index contributed by atoms with van der Waals surface area (Å²) in [6, 6.07) is 2.22. The lowest BCUT2D eigenvalue weighted by atomic mass is 9.96. The molecule has 1 fully saturated rings. The summed E-state index contributed by atoms with van der Waals surface area (Å²) in [5, 5.41) is 17.0. The molecule has 0 aliphatic heterocycles. The molecule has 1 aliphatic rings. The molecule has 21 heavy (non-hydrogen) atoms. The number of nitriles is 1. The molecule has 0 heterocycles. The zero-order valence-corrected chi connectivity index (χ0v) is 12.8. The average molecular weight is 294 g/mol. The molecule has 3 N–H and O–H groups in total. The van der Waals surface area contributed by atoms with E-state index in [9.17, 15) is 9.59 Å². The van der Waals surface area contributed by atoms with Gasteiger partial charge in [0.05, 0.1) is 12.0 Å². The maximum atomic E-state index is 11.7. The van der Waals surface area contributed by atoms with E-state index in [1.165, 1.54) is 19.3 Å². The third-order valence-corrected chi connectivity index (χ3v) is 3.63. The van der Waals surface area contributed by atoms with E-state index in [0.29, 0.717) is 32.0 Å². The topological polar surface area (TPSA) is 94.0 Å². The number of nitrogens with one attached hydrogen (secondary N) is 3. The quantitative estimate of drug-likeness (QED) is 0.623. The first-order valence-corrected chi connectivity index (χ1v) is 7.82. The van der Waals surface area contributed by atoms with Crippen molar-refractivity contribution in [3.05, 3.63) is 0 Å². The van der Waals surface area contributed by atoms with Crippen LogP contribution in [0, 0.1) is 17.2 Å². The molecule has 1 saturated carbocycles. The van der Waals surface area contributed by atoms with Gasteiger partial charge in [-0.1, -0.05) is 19.3 Å². The van der Waals surface area contributed by atoms with Gasteiger partial charge in [0.25, 0.3) is 0 Å². The third-order valence-electron chi connectivity index (χ3n) is 3.63. The van der Waals surface area contributed by atoms with Crippen molar-refractivity contribution in [3.8, 4) is 6.07 Å². The molecule has 1 aliphatic carbocycles. The van der Waals surface area contributed by atoms with Crippen molar-refractivity contribution in [1.29, 1.82) is 5.26 Å². The van der Waals surface area contributed by atoms with E-state index in [0.717, 1.165) is 12.8 Å². The van der Waals surface area contributed by atoms with Gasteiger partial charge in [-0.05, 0) is 26.2 Å². The van der Waals surface area contributed by atoms with Crippen LogP contribution in [-0.2, 0) is 4.79 Å². The van der Waals surface area contributed by atoms with Crippen LogP contribution in [0.25, 0.3) is 0 Å². The second-order valence-corrected chi connectivity index (χ2v) is 5.67. The van der Waals surface area contributed by atoms with Gasteiger partial charge in [0.2, 0.25) is 5.91 Å². The second-order valence-electron chi connectivity index (χ2n) is 5.67. The van der Waals surface area contributed by atoms with Crippen LogP contribution < -0.4 is 16.0 Å². The summed E-state index contributed by atoms with van der Waals surface area (Å²) < 4.78 is 0. The van der Waals surface area contributed by atoms with Gasteiger partial charge < -0.3 is 16.0 Å². The van der Waals surface area contributed by atoms with Crippen LogP contribution in [0.5, 0.6) is 0 Å². The highest BCUT2D eigenvalue weighted by molar-refractivity contribution is 5.76. The normalized spacial score (nSPS) is 16.6. The Morgan fingerprint density at radius 1 is 1.24 bits per heavy atom. The molecule has 0 radical (unpaired) electrons. The standard InChI is InChI=1S/C15H26N4O2/c1-12(10-16)11-18-14(20)8-5-9-17-15(21)19-13-6-3-2-4-7-13/h12-13H,2-9,11H2,1H3,(H,18,20)(H2,17,19,21)/t12-/m1/s1. The molecule has 0 bridgehead atoms. The lowest BCUT2D eigenvalue weighted by Crippen LogP contribution is -2.43. The van der Waals surface area contributed by atoms with Gasteiger partial charge in [-0.15, -0.1) is 0 Å². The average Bonchev–Trinajstić information content (AvgIpc) is 2.50. The summed E-state index contributed by atoms with van der Waals surface area (Å²) in [6.45, 7) is 2.63. The summed E-state index contributed by atoms with van der Waals surface area (Å²) in [4.78, 5) is 23.1. The summed E-state index contributed by atoms with van der Waals surface area (Å²) in [7, 11) is 0. The Kier molecular flexibility index (Phi) is 8.25. The van der Waals surface area contributed by atoms with Crippen LogP contribution in [0.4, 0.5) is 4.79 Å². The van der Waals surface area contributed by atoms with E-state index < -0.39 is 0 Å². The number of hydrogen-bond acceptors (Lipinski definition) is 3. The molecule has 1 rings (SSSR count). The van der Waals surface area contributed by atoms with Gasteiger partial charge in [-0.3, -0.25) is 4.79 Å². The Hall–Kier alpha value is -1.77. The monoisotopic (exact) mass is 294 g/mol. The molecule has 0 aromatic heterocycles. The van der Waals surface area contributed by atoms with Crippen LogP contribution in [0.15, 0.2) is 0 Å². The van der Waals surface area contributed by atoms with E-state index in [4.69, 9.17) is 5.26 Å². The summed E-state index contributed by atoms with van der Waals surface area (Å²) in [5.74, 6) is -0.250. The van der Waals surface area contributed by atoms with Gasteiger partial charge in [0.15, 0.2) is 0 Å². The molecule has 6 heteroatoms. The van der Waals surface area contributed by atoms with Crippen molar-refractivity contribution in [2.24, 2.45) is 5.92 Å². The molecular weight excluding hydrogens is 268 g/mol. The van der Waals surface area contributed by atoms with Crippen molar-refractivity contribution in [2.45, 2.75) is 57.9 Å². The van der Waals surface area contributed by atoms with E-state index >= 15 is 0 Å². The molecule has 0 aromatic carbocycles. The Morgan fingerprint density at radius 2 is 1.95 bits per heavy atom. The number of hydrogen-bond donors (Lipinski definition) is 3. The maximum absolute atomic E-state index is 11.7. The largest absolute Gasteiger partial charge is 0.355 e. The molecule has 118 valence electrons. The minimum Gasteiger partial charge on any atom is -0.355 e. The van der Waals surface area contributed by atoms with Gasteiger partial charge in [-0.2, -0.15) is 5.26 Å². The van der Waals surface area contributed by atoms with E-state index in [-0.39, 0.29) is 17.9 Å². The first-order valence-electron chi connectivity index (χ1n) is 7.82. The molecule has 0 saturated heterocycles. The van der Waals surface area contributed by atoms with Crippen molar-refractivity contribution in [3.63, 3.8) is 0 Å². The molecule has 1 atom stereocenters. The zero-order valence-electron chi connectivity index (χ0n) is 12.8. The third kappa shape index (κ3) is 8.18. The molecular formula is C15H26N4O2. The van der Waals surface area contributed by atoms with Gasteiger partial charge in [0, 0.05) is 25.6 Å². The Balaban J connectivity index is 2.01. The highest BCUT2D eigenvalue weighted by Crippen LogP contribution is 2.17. The zero-order chi connectivity index (χ0) is 15.5. The number of rotatable bonds is 7. The molecule has 6 nitrogen and oxygen atoms in total. The summed E-state index contributed by atoms with van der Waals surface area (Å²) in [5.41, 5.74) is 0. The predicted molar refractivity (Wildman–Crippen MR) is 80.4 cm³/mol. The lowest BCUT2D eigenvalue weighted by molar-refractivity contribution is -0.121. The van der Waals surface area contributed by atoms with Crippen molar-refractivity contribution >= 4 is 11.9 Å². The summed E-state index contributed by atoms with van der Waals surface area (Å²) in [6.07, 6.45) is 6.73. The molecule has 3 amide bonds. The smallest absolute Gasteiger partial charge is 0.315 e. The minimum absolute atomic E-state index is 0.0772. The maximum Gasteiger partial charge on any atom is 0.315 e. The minimum atomic E-state index is -0.173. The van der Waals surface area contributed by atoms with Crippen LogP contribution in [0.2, 0.25) is 0 Å². The number of carbonyl (C=O) groups is 2. The van der Waals surface area contributed by atoms with Crippen molar-refractivity contribution in [1.82, 2.24) is 16.0 Å². The van der Waals surface area contributed by atoms with E-state index in [1.807, 2.05) is 0 Å². The van der Waals surface area contributed by atoms with Crippen LogP contribution >= 0.6 is 0 Å². The van der Waals surface area contributed by atoms with Crippen LogP contribution in [0.3, 0.4) is 0 Å². The fourth-order valence-corrected chi connectivity index (χ4v) is 2.34. The first-order chi connectivity index (χ1) is 10.1. The van der Waals surface area contributed by atoms with Gasteiger partial charge in [-0.25, -0.2) is 4.79 Å². The second kappa shape index (κ2) is 10.0. The number of amides is 3. The predicted octanol–water partition coefficient (Wildman–Crippen LogP) is 1.67. The highest BCUT2D eigenvalue weighted by Gasteiger charge is 2.15. The molecule has 0 spiro atoms. The highest BCUT2D eigenvalue weighted by atomic mass is 16.2. The van der Waals surface area contributed by atoms with Crippen LogP contribution in [-0.4, -0.2) is 31.1 Å². The van der Waals surface area contributed by atoms with Crippen LogP contribution in [0.1, 0.15) is 51.9 Å². The van der Waals surface area contributed by atoms with Crippen molar-refractivity contribution in [2.75, 3.05) is 13.1 Å². The van der Waals surface area contributed by atoms with Crippen molar-refractivity contribution < 1.29 is 9.59 Å². The van der Waals surface area contributed by atoms with E-state index in [2.05, 4.69) is 22.0 Å². The number of nitrogens with zero attached hydrogens (tertiary/aromatic N) is 1. The molecule has 0 aromatic rings. The van der Waals surface area contributed by atoms with Gasteiger partial charge >= 0.3 is 6.03 Å². The van der Waals surface area contributed by atoms with E-state index in [1.54, 1.807) is 6.92 Å². The Bertz CT molecular complexity index is 372. The molecule has 0 unspecified atom stereocenters. The van der Waals surface area contributed by atoms with Gasteiger partial charge in [0.1, 0.15) is 0 Å². The number of carbonyl (C=O) groups excluding carboxylic acids is 2. The Morgan fingerprint density at radius 3 is 2.62 bits per heavy atom. The summed E-state index contributed by atoms with van der Waals surface area (Å²) >= 11 is 0.